The molecule has 1 heterocycles. The molecule has 1 aliphatic carbocycles. The van der Waals surface area contributed by atoms with Crippen molar-refractivity contribution in [3.63, 3.8) is 0 Å². The van der Waals surface area contributed by atoms with Gasteiger partial charge < -0.3 is 10.6 Å². The van der Waals surface area contributed by atoms with Gasteiger partial charge in [-0.15, -0.1) is 11.3 Å². The average Bonchev–Trinajstić information content (AvgIpc) is 2.95. The fourth-order valence-electron chi connectivity index (χ4n) is 2.51. The Morgan fingerprint density at radius 3 is 2.67 bits per heavy atom. The third kappa shape index (κ3) is 4.05. The van der Waals surface area contributed by atoms with E-state index in [1.807, 2.05) is 6.07 Å². The van der Waals surface area contributed by atoms with Crippen molar-refractivity contribution in [3.05, 3.63) is 21.9 Å². The molecule has 0 aromatic carbocycles. The highest BCUT2D eigenvalue weighted by Crippen LogP contribution is 2.28. The van der Waals surface area contributed by atoms with E-state index in [1.165, 1.54) is 18.3 Å². The Morgan fingerprint density at radius 1 is 1.33 bits per heavy atom. The molecule has 0 aliphatic heterocycles. The molecule has 0 unspecified atom stereocenters. The van der Waals surface area contributed by atoms with Crippen LogP contribution in [0.5, 0.6) is 0 Å². The summed E-state index contributed by atoms with van der Waals surface area (Å²) < 4.78 is 0. The van der Waals surface area contributed by atoms with E-state index in [-0.39, 0.29) is 11.8 Å². The van der Waals surface area contributed by atoms with Crippen LogP contribution < -0.4 is 10.6 Å². The molecule has 1 aromatic rings. The van der Waals surface area contributed by atoms with E-state index in [1.54, 1.807) is 6.07 Å². The molecule has 6 heteroatoms. The van der Waals surface area contributed by atoms with Gasteiger partial charge >= 0.3 is 0 Å². The summed E-state index contributed by atoms with van der Waals surface area (Å²) in [5.41, 5.74) is -0.711. The van der Waals surface area contributed by atoms with E-state index in [2.05, 4.69) is 16.7 Å². The number of carbonyl (C=O) groups is 2. The third-order valence-electron chi connectivity index (χ3n) is 3.67. The van der Waals surface area contributed by atoms with E-state index in [9.17, 15) is 14.9 Å². The average molecular weight is 305 g/mol. The summed E-state index contributed by atoms with van der Waals surface area (Å²) >= 11 is 1.34. The second-order valence-electron chi connectivity index (χ2n) is 5.38. The number of hydrogen-bond acceptors (Lipinski definition) is 4. The van der Waals surface area contributed by atoms with Crippen LogP contribution in [0.15, 0.2) is 12.1 Å². The number of thiophene rings is 1. The van der Waals surface area contributed by atoms with Crippen LogP contribution in [0.3, 0.4) is 0 Å². The molecule has 1 aliphatic rings. The van der Waals surface area contributed by atoms with Gasteiger partial charge in [0.05, 0.1) is 17.5 Å². The van der Waals surface area contributed by atoms with Gasteiger partial charge in [0.15, 0.2) is 0 Å². The summed E-state index contributed by atoms with van der Waals surface area (Å²) in [6.45, 7) is 1.89. The molecule has 1 saturated carbocycles. The van der Waals surface area contributed by atoms with Crippen LogP contribution in [0, 0.1) is 11.3 Å². The Balaban J connectivity index is 2.00. The lowest BCUT2D eigenvalue weighted by atomic mass is 9.83. The Kier molecular flexibility index (Phi) is 4.97. The fourth-order valence-corrected chi connectivity index (χ4v) is 3.35. The first-order valence-electron chi connectivity index (χ1n) is 7.12. The van der Waals surface area contributed by atoms with E-state index in [0.29, 0.717) is 11.4 Å². The number of carbonyl (C=O) groups excluding carboxylic acids is 2. The number of hydrogen-bond donors (Lipinski definition) is 2. The Labute approximate surface area is 128 Å². The van der Waals surface area contributed by atoms with Gasteiger partial charge in [-0.3, -0.25) is 9.59 Å². The summed E-state index contributed by atoms with van der Waals surface area (Å²) in [5.74, 6) is -0.294. The summed E-state index contributed by atoms with van der Waals surface area (Å²) in [7, 11) is 0. The second-order valence-corrected chi connectivity index (χ2v) is 6.55. The number of nitrogens with zero attached hydrogens (tertiary/aromatic N) is 1. The highest BCUT2D eigenvalue weighted by molar-refractivity contribution is 7.14. The first-order chi connectivity index (χ1) is 10.0. The quantitative estimate of drug-likeness (QED) is 0.895. The van der Waals surface area contributed by atoms with E-state index in [4.69, 9.17) is 0 Å². The summed E-state index contributed by atoms with van der Waals surface area (Å²) in [6, 6.07) is 5.85. The third-order valence-corrected chi connectivity index (χ3v) is 4.75. The number of nitrogens with one attached hydrogen (secondary N) is 2. The van der Waals surface area contributed by atoms with Crippen molar-refractivity contribution in [2.75, 3.05) is 0 Å². The largest absolute Gasteiger partial charge is 0.351 e. The van der Waals surface area contributed by atoms with Crippen LogP contribution in [-0.4, -0.2) is 17.4 Å². The van der Waals surface area contributed by atoms with E-state index >= 15 is 0 Å². The molecule has 1 aromatic heterocycles. The van der Waals surface area contributed by atoms with E-state index < -0.39 is 5.54 Å². The highest BCUT2D eigenvalue weighted by atomic mass is 32.1. The van der Waals surface area contributed by atoms with Gasteiger partial charge in [0.25, 0.3) is 5.91 Å². The van der Waals surface area contributed by atoms with Gasteiger partial charge in [-0.1, -0.05) is 19.3 Å². The van der Waals surface area contributed by atoms with Gasteiger partial charge in [-0.2, -0.15) is 5.26 Å². The zero-order valence-electron chi connectivity index (χ0n) is 12.1. The first kappa shape index (κ1) is 15.5. The lowest BCUT2D eigenvalue weighted by Crippen LogP contribution is -2.48. The standard InChI is InChI=1S/C15H19N3O2S/c1-11(19)17-9-12-5-6-13(21-12)14(20)18-15(10-16)7-3-2-4-8-15/h5-6H,2-4,7-9H2,1H3,(H,17,19)(H,18,20). The van der Waals surface area contributed by atoms with Gasteiger partial charge in [0.2, 0.25) is 5.91 Å². The van der Waals surface area contributed by atoms with Gasteiger partial charge in [-0.25, -0.2) is 0 Å². The SMILES string of the molecule is CC(=O)NCc1ccc(C(=O)NC2(C#N)CCCCC2)s1. The van der Waals surface area contributed by atoms with Crippen molar-refractivity contribution in [2.24, 2.45) is 0 Å². The van der Waals surface area contributed by atoms with Gasteiger partial charge in [0.1, 0.15) is 5.54 Å². The topological polar surface area (TPSA) is 82.0 Å². The molecule has 5 nitrogen and oxygen atoms in total. The van der Waals surface area contributed by atoms with Crippen LogP contribution in [0.4, 0.5) is 0 Å². The van der Waals surface area contributed by atoms with Crippen LogP contribution >= 0.6 is 11.3 Å². The van der Waals surface area contributed by atoms with Crippen LogP contribution in [-0.2, 0) is 11.3 Å². The number of amides is 2. The predicted molar refractivity (Wildman–Crippen MR) is 80.7 cm³/mol. The van der Waals surface area contributed by atoms with Gasteiger partial charge in [-0.05, 0) is 25.0 Å². The molecule has 2 N–H and O–H groups in total. The molecule has 2 amide bonds. The van der Waals surface area contributed by atoms with Crippen molar-refractivity contribution in [2.45, 2.75) is 51.1 Å². The second kappa shape index (κ2) is 6.72. The smallest absolute Gasteiger partial charge is 0.262 e. The highest BCUT2D eigenvalue weighted by Gasteiger charge is 2.34. The van der Waals surface area contributed by atoms with Crippen LogP contribution in [0.2, 0.25) is 0 Å². The zero-order valence-corrected chi connectivity index (χ0v) is 12.9. The minimum absolute atomic E-state index is 0.0972. The summed E-state index contributed by atoms with van der Waals surface area (Å²) in [4.78, 5) is 24.7. The molecule has 0 radical (unpaired) electrons. The molecule has 21 heavy (non-hydrogen) atoms. The summed E-state index contributed by atoms with van der Waals surface area (Å²) in [6.07, 6.45) is 4.52. The minimum Gasteiger partial charge on any atom is -0.351 e. The Bertz CT molecular complexity index is 568. The monoisotopic (exact) mass is 305 g/mol. The van der Waals surface area contributed by atoms with Crippen molar-refractivity contribution in [3.8, 4) is 6.07 Å². The predicted octanol–water partition coefficient (Wildman–Crippen LogP) is 2.34. The molecule has 0 spiro atoms. The molecular formula is C15H19N3O2S. The van der Waals surface area contributed by atoms with Crippen molar-refractivity contribution in [1.29, 1.82) is 5.26 Å². The van der Waals surface area contributed by atoms with Crippen LogP contribution in [0.1, 0.15) is 53.6 Å². The molecule has 1 fully saturated rings. The van der Waals surface area contributed by atoms with E-state index in [0.717, 1.165) is 37.0 Å². The molecule has 2 rings (SSSR count). The maximum absolute atomic E-state index is 12.3. The van der Waals surface area contributed by atoms with Crippen molar-refractivity contribution >= 4 is 23.2 Å². The number of nitriles is 1. The minimum atomic E-state index is -0.711. The van der Waals surface area contributed by atoms with Crippen molar-refractivity contribution in [1.82, 2.24) is 10.6 Å². The number of rotatable bonds is 4. The summed E-state index contributed by atoms with van der Waals surface area (Å²) in [5, 5.41) is 15.0. The normalized spacial score (nSPS) is 16.8. The molecule has 0 atom stereocenters. The molecule has 112 valence electrons. The lowest BCUT2D eigenvalue weighted by Gasteiger charge is -2.31. The fraction of sp³-hybridized carbons (Fsp3) is 0.533. The molecule has 0 bridgehead atoms. The maximum atomic E-state index is 12.3. The van der Waals surface area contributed by atoms with Crippen molar-refractivity contribution < 1.29 is 9.59 Å². The Hall–Kier alpha value is -1.87. The lowest BCUT2D eigenvalue weighted by molar-refractivity contribution is -0.119. The first-order valence-corrected chi connectivity index (χ1v) is 7.93. The molecular weight excluding hydrogens is 286 g/mol. The molecule has 0 saturated heterocycles. The zero-order chi connectivity index (χ0) is 15.3. The van der Waals surface area contributed by atoms with Gasteiger partial charge in [0, 0.05) is 11.8 Å². The maximum Gasteiger partial charge on any atom is 0.262 e. The Morgan fingerprint density at radius 2 is 2.05 bits per heavy atom. The van der Waals surface area contributed by atoms with Crippen LogP contribution in [0.25, 0.3) is 0 Å².